The zero-order valence-electron chi connectivity index (χ0n) is 11.4. The Morgan fingerprint density at radius 3 is 2.35 bits per heavy atom. The summed E-state index contributed by atoms with van der Waals surface area (Å²) in [5.74, 6) is 2.97. The van der Waals surface area contributed by atoms with Crippen molar-refractivity contribution in [2.45, 2.75) is 38.5 Å². The molecule has 4 aliphatic rings. The number of carbonyl (C=O) groups is 1. The molecule has 106 valence electrons. The summed E-state index contributed by atoms with van der Waals surface area (Å²) in [5, 5.41) is 3.50. The summed E-state index contributed by atoms with van der Waals surface area (Å²) in [4.78, 5) is 17.0. The highest BCUT2D eigenvalue weighted by atomic mass is 35.5. The Bertz CT molecular complexity index is 522. The molecule has 3 nitrogen and oxygen atoms in total. The third kappa shape index (κ3) is 1.95. The van der Waals surface area contributed by atoms with Gasteiger partial charge in [0, 0.05) is 6.20 Å². The zero-order valence-corrected chi connectivity index (χ0v) is 12.2. The average molecular weight is 291 g/mol. The molecule has 20 heavy (non-hydrogen) atoms. The van der Waals surface area contributed by atoms with Gasteiger partial charge in [-0.3, -0.25) is 4.79 Å². The molecule has 1 heterocycles. The summed E-state index contributed by atoms with van der Waals surface area (Å²) < 4.78 is 0. The maximum Gasteiger partial charge on any atom is 0.231 e. The highest BCUT2D eigenvalue weighted by Gasteiger charge is 2.54. The Morgan fingerprint density at radius 2 is 1.80 bits per heavy atom. The maximum absolute atomic E-state index is 12.8. The van der Waals surface area contributed by atoms with Crippen molar-refractivity contribution < 1.29 is 4.79 Å². The number of hydrogen-bond acceptors (Lipinski definition) is 2. The number of aromatic nitrogens is 1. The first-order valence-corrected chi connectivity index (χ1v) is 7.94. The number of rotatable bonds is 2. The van der Waals surface area contributed by atoms with Gasteiger partial charge in [-0.15, -0.1) is 0 Å². The van der Waals surface area contributed by atoms with Crippen LogP contribution in [0.15, 0.2) is 18.3 Å². The van der Waals surface area contributed by atoms with Crippen LogP contribution in [0.5, 0.6) is 0 Å². The summed E-state index contributed by atoms with van der Waals surface area (Å²) in [6, 6.07) is 3.55. The number of anilines is 1. The lowest BCUT2D eigenvalue weighted by atomic mass is 9.49. The first-order chi connectivity index (χ1) is 9.64. The fourth-order valence-corrected chi connectivity index (χ4v) is 5.28. The van der Waals surface area contributed by atoms with Crippen LogP contribution in [0.2, 0.25) is 5.02 Å². The third-order valence-corrected chi connectivity index (χ3v) is 5.82. The Morgan fingerprint density at radius 1 is 1.20 bits per heavy atom. The lowest BCUT2D eigenvalue weighted by Crippen LogP contribution is -2.51. The largest absolute Gasteiger partial charge is 0.309 e. The van der Waals surface area contributed by atoms with E-state index >= 15 is 0 Å². The number of halogens is 1. The summed E-state index contributed by atoms with van der Waals surface area (Å²) in [6.45, 7) is 0. The molecule has 0 radical (unpaired) electrons. The van der Waals surface area contributed by atoms with Crippen LogP contribution in [0, 0.1) is 23.2 Å². The van der Waals surface area contributed by atoms with Gasteiger partial charge in [-0.05, 0) is 68.4 Å². The van der Waals surface area contributed by atoms with Crippen LogP contribution in [-0.2, 0) is 4.79 Å². The van der Waals surface area contributed by atoms with Crippen LogP contribution in [0.3, 0.4) is 0 Å². The lowest BCUT2D eigenvalue weighted by Gasteiger charge is -2.55. The van der Waals surface area contributed by atoms with Gasteiger partial charge in [-0.1, -0.05) is 11.6 Å². The van der Waals surface area contributed by atoms with E-state index in [9.17, 15) is 4.79 Å². The molecule has 0 unspecified atom stereocenters. The second-order valence-electron chi connectivity index (χ2n) is 6.99. The third-order valence-electron chi connectivity index (χ3n) is 5.51. The highest BCUT2D eigenvalue weighted by molar-refractivity contribution is 6.33. The number of nitrogens with zero attached hydrogens (tertiary/aromatic N) is 1. The van der Waals surface area contributed by atoms with E-state index in [4.69, 9.17) is 11.6 Å². The normalized spacial score (nSPS) is 38.0. The van der Waals surface area contributed by atoms with Crippen molar-refractivity contribution in [3.63, 3.8) is 0 Å². The SMILES string of the molecule is O=C(Nc1ncccc1Cl)C12CC3CC(CC(C3)C1)C2. The second kappa shape index (κ2) is 4.45. The molecular formula is C16H19ClN2O. The van der Waals surface area contributed by atoms with Gasteiger partial charge in [0.25, 0.3) is 0 Å². The molecule has 4 saturated carbocycles. The Balaban J connectivity index is 1.58. The van der Waals surface area contributed by atoms with E-state index in [-0.39, 0.29) is 11.3 Å². The number of nitrogens with one attached hydrogen (secondary N) is 1. The van der Waals surface area contributed by atoms with Gasteiger partial charge in [0.1, 0.15) is 0 Å². The quantitative estimate of drug-likeness (QED) is 0.898. The number of amides is 1. The van der Waals surface area contributed by atoms with Crippen LogP contribution in [0.25, 0.3) is 0 Å². The van der Waals surface area contributed by atoms with Crippen molar-refractivity contribution in [2.75, 3.05) is 5.32 Å². The summed E-state index contributed by atoms with van der Waals surface area (Å²) in [7, 11) is 0. The van der Waals surface area contributed by atoms with Gasteiger partial charge in [-0.25, -0.2) is 4.98 Å². The summed E-state index contributed by atoms with van der Waals surface area (Å²) in [6.07, 6.45) is 8.89. The molecule has 1 amide bonds. The maximum atomic E-state index is 12.8. The van der Waals surface area contributed by atoms with Crippen molar-refractivity contribution in [3.8, 4) is 0 Å². The predicted octanol–water partition coefficient (Wildman–Crippen LogP) is 3.89. The summed E-state index contributed by atoms with van der Waals surface area (Å²) >= 11 is 6.10. The van der Waals surface area contributed by atoms with Gasteiger partial charge in [0.15, 0.2) is 5.82 Å². The monoisotopic (exact) mass is 290 g/mol. The fraction of sp³-hybridized carbons (Fsp3) is 0.625. The minimum Gasteiger partial charge on any atom is -0.309 e. The lowest BCUT2D eigenvalue weighted by molar-refractivity contribution is -0.140. The average Bonchev–Trinajstić information content (AvgIpc) is 2.40. The van der Waals surface area contributed by atoms with E-state index < -0.39 is 0 Å². The molecule has 0 spiro atoms. The van der Waals surface area contributed by atoms with E-state index in [1.54, 1.807) is 18.3 Å². The van der Waals surface area contributed by atoms with Gasteiger partial charge >= 0.3 is 0 Å². The van der Waals surface area contributed by atoms with Crippen molar-refractivity contribution >= 4 is 23.3 Å². The first-order valence-electron chi connectivity index (χ1n) is 7.57. The van der Waals surface area contributed by atoms with Gasteiger partial charge in [0.2, 0.25) is 5.91 Å². The van der Waals surface area contributed by atoms with Crippen LogP contribution in [0.4, 0.5) is 5.82 Å². The van der Waals surface area contributed by atoms with E-state index in [1.807, 2.05) is 0 Å². The standard InChI is InChI=1S/C16H19ClN2O/c17-13-2-1-3-18-14(13)19-15(20)16-7-10-4-11(8-16)6-12(5-10)9-16/h1-3,10-12H,4-9H2,(H,18,19,20). The molecule has 0 aliphatic heterocycles. The molecule has 1 N–H and O–H groups in total. The van der Waals surface area contributed by atoms with Crippen molar-refractivity contribution in [3.05, 3.63) is 23.4 Å². The van der Waals surface area contributed by atoms with E-state index in [0.29, 0.717) is 10.8 Å². The van der Waals surface area contributed by atoms with Gasteiger partial charge < -0.3 is 5.32 Å². The van der Waals surface area contributed by atoms with Crippen molar-refractivity contribution in [1.29, 1.82) is 0 Å². The second-order valence-corrected chi connectivity index (χ2v) is 7.39. The Labute approximate surface area is 124 Å². The van der Waals surface area contributed by atoms with E-state index in [1.165, 1.54) is 19.3 Å². The zero-order chi connectivity index (χ0) is 13.7. The van der Waals surface area contributed by atoms with Crippen LogP contribution >= 0.6 is 11.6 Å². The van der Waals surface area contributed by atoms with Gasteiger partial charge in [0.05, 0.1) is 10.4 Å². The van der Waals surface area contributed by atoms with Crippen LogP contribution in [0.1, 0.15) is 38.5 Å². The molecule has 0 saturated heterocycles. The Kier molecular flexibility index (Phi) is 2.81. The summed E-state index contributed by atoms with van der Waals surface area (Å²) in [5.41, 5.74) is -0.143. The predicted molar refractivity (Wildman–Crippen MR) is 78.5 cm³/mol. The van der Waals surface area contributed by atoms with Crippen LogP contribution in [-0.4, -0.2) is 10.9 Å². The molecule has 5 rings (SSSR count). The molecule has 4 fully saturated rings. The topological polar surface area (TPSA) is 42.0 Å². The highest BCUT2D eigenvalue weighted by Crippen LogP contribution is 2.60. The minimum atomic E-state index is -0.143. The number of carbonyl (C=O) groups excluding carboxylic acids is 1. The number of pyridine rings is 1. The van der Waals surface area contributed by atoms with Crippen LogP contribution < -0.4 is 5.32 Å². The molecule has 0 aromatic carbocycles. The molecule has 4 aliphatic carbocycles. The minimum absolute atomic E-state index is 0.143. The fourth-order valence-electron chi connectivity index (χ4n) is 5.11. The molecule has 1 aromatic heterocycles. The molecule has 0 atom stereocenters. The van der Waals surface area contributed by atoms with E-state index in [2.05, 4.69) is 10.3 Å². The number of hydrogen-bond donors (Lipinski definition) is 1. The Hall–Kier alpha value is -1.09. The first kappa shape index (κ1) is 12.6. The molecule has 4 heteroatoms. The van der Waals surface area contributed by atoms with Crippen molar-refractivity contribution in [1.82, 2.24) is 4.98 Å². The van der Waals surface area contributed by atoms with Gasteiger partial charge in [-0.2, -0.15) is 0 Å². The van der Waals surface area contributed by atoms with Crippen molar-refractivity contribution in [2.24, 2.45) is 23.2 Å². The molecule has 4 bridgehead atoms. The van der Waals surface area contributed by atoms with E-state index in [0.717, 1.165) is 37.0 Å². The smallest absolute Gasteiger partial charge is 0.231 e. The molecular weight excluding hydrogens is 272 g/mol. The molecule has 1 aromatic rings.